The van der Waals surface area contributed by atoms with E-state index in [1.165, 1.54) is 18.9 Å². The second-order valence-electron chi connectivity index (χ2n) is 7.59. The van der Waals surface area contributed by atoms with Crippen molar-refractivity contribution in [1.29, 1.82) is 0 Å². The summed E-state index contributed by atoms with van der Waals surface area (Å²) in [5, 5.41) is 8.36. The number of thioether (sulfide) groups is 1. The van der Waals surface area contributed by atoms with Crippen molar-refractivity contribution >= 4 is 40.3 Å². The lowest BCUT2D eigenvalue weighted by Gasteiger charge is -2.31. The lowest BCUT2D eigenvalue weighted by molar-refractivity contribution is -0.139. The molecule has 1 saturated heterocycles. The molecule has 0 unspecified atom stereocenters. The molecule has 1 aromatic carbocycles. The minimum absolute atomic E-state index is 0.222. The van der Waals surface area contributed by atoms with Crippen molar-refractivity contribution in [3.63, 3.8) is 0 Å². The van der Waals surface area contributed by atoms with Crippen LogP contribution in [0.25, 0.3) is 0 Å². The van der Waals surface area contributed by atoms with E-state index in [1.807, 2.05) is 25.1 Å². The molecule has 1 aromatic rings. The molecular formula is C20H25N5O4S. The number of morpholine rings is 1. The van der Waals surface area contributed by atoms with Crippen LogP contribution in [0.2, 0.25) is 0 Å². The van der Waals surface area contributed by atoms with Crippen molar-refractivity contribution in [1.82, 2.24) is 15.2 Å². The van der Waals surface area contributed by atoms with Crippen molar-refractivity contribution < 1.29 is 19.1 Å². The Morgan fingerprint density at radius 1 is 1.23 bits per heavy atom. The summed E-state index contributed by atoms with van der Waals surface area (Å²) in [6.07, 6.45) is 0. The molecule has 160 valence electrons. The van der Waals surface area contributed by atoms with E-state index >= 15 is 0 Å². The van der Waals surface area contributed by atoms with Gasteiger partial charge in [0.1, 0.15) is 0 Å². The minimum Gasteiger partial charge on any atom is -0.379 e. The third kappa shape index (κ3) is 3.48. The Kier molecular flexibility index (Phi) is 5.56. The summed E-state index contributed by atoms with van der Waals surface area (Å²) in [6.45, 7) is 8.95. The molecule has 30 heavy (non-hydrogen) atoms. The van der Waals surface area contributed by atoms with Crippen molar-refractivity contribution in [2.75, 3.05) is 44.3 Å². The summed E-state index contributed by atoms with van der Waals surface area (Å²) in [5.74, 6) is -0.889. The molecule has 1 spiro atoms. The van der Waals surface area contributed by atoms with Gasteiger partial charge in [-0.1, -0.05) is 17.7 Å². The molecule has 0 aromatic heterocycles. The maximum atomic E-state index is 13.8. The number of benzene rings is 1. The van der Waals surface area contributed by atoms with Crippen LogP contribution in [0, 0.1) is 6.92 Å². The SMILES string of the molecule is CC(=O)NC1=NN(C(C)=O)[C@]2(S1)C(=O)N(CCN1CCOCC1)c1ccc(C)cc12. The summed E-state index contributed by atoms with van der Waals surface area (Å²) in [5.41, 5.74) is 2.48. The predicted molar refractivity (Wildman–Crippen MR) is 114 cm³/mol. The van der Waals surface area contributed by atoms with Gasteiger partial charge in [0.2, 0.25) is 16.7 Å². The van der Waals surface area contributed by atoms with Gasteiger partial charge in [-0.15, -0.1) is 5.10 Å². The molecule has 1 N–H and O–H groups in total. The van der Waals surface area contributed by atoms with Crippen LogP contribution in [0.3, 0.4) is 0 Å². The second-order valence-corrected chi connectivity index (χ2v) is 8.78. The van der Waals surface area contributed by atoms with Crippen LogP contribution >= 0.6 is 11.8 Å². The number of nitrogens with one attached hydrogen (secondary N) is 1. The number of amidine groups is 1. The summed E-state index contributed by atoms with van der Waals surface area (Å²) in [6, 6.07) is 5.81. The Hall–Kier alpha value is -2.43. The normalized spacial score (nSPS) is 23.7. The molecule has 9 nitrogen and oxygen atoms in total. The highest BCUT2D eigenvalue weighted by Crippen LogP contribution is 2.54. The smallest absolute Gasteiger partial charge is 0.270 e. The van der Waals surface area contributed by atoms with Crippen LogP contribution in [-0.4, -0.2) is 72.2 Å². The number of rotatable bonds is 3. The van der Waals surface area contributed by atoms with Gasteiger partial charge in [0.25, 0.3) is 5.91 Å². The highest BCUT2D eigenvalue weighted by Gasteiger charge is 2.61. The van der Waals surface area contributed by atoms with Gasteiger partial charge < -0.3 is 15.0 Å². The first-order chi connectivity index (χ1) is 14.3. The number of hydrogen-bond donors (Lipinski definition) is 1. The molecule has 1 atom stereocenters. The summed E-state index contributed by atoms with van der Waals surface area (Å²) < 4.78 is 5.40. The second kappa shape index (κ2) is 8.01. The maximum absolute atomic E-state index is 13.8. The number of hydrazone groups is 1. The van der Waals surface area contributed by atoms with E-state index in [9.17, 15) is 14.4 Å². The minimum atomic E-state index is -1.34. The third-order valence-electron chi connectivity index (χ3n) is 5.40. The van der Waals surface area contributed by atoms with Gasteiger partial charge in [-0.2, -0.15) is 5.01 Å². The van der Waals surface area contributed by atoms with Crippen molar-refractivity contribution in [2.24, 2.45) is 5.10 Å². The van der Waals surface area contributed by atoms with Gasteiger partial charge in [-0.3, -0.25) is 19.3 Å². The Morgan fingerprint density at radius 2 is 1.97 bits per heavy atom. The molecule has 0 radical (unpaired) electrons. The van der Waals surface area contributed by atoms with Gasteiger partial charge in [0, 0.05) is 45.6 Å². The van der Waals surface area contributed by atoms with Gasteiger partial charge in [0.15, 0.2) is 5.17 Å². The average Bonchev–Trinajstić information content (AvgIpc) is 3.18. The number of carbonyl (C=O) groups excluding carboxylic acids is 3. The molecule has 10 heteroatoms. The van der Waals surface area contributed by atoms with Gasteiger partial charge >= 0.3 is 0 Å². The fraction of sp³-hybridized carbons (Fsp3) is 0.500. The van der Waals surface area contributed by atoms with E-state index in [0.717, 1.165) is 41.7 Å². The Bertz CT molecular complexity index is 930. The molecule has 0 aliphatic carbocycles. The van der Waals surface area contributed by atoms with E-state index in [1.54, 1.807) is 4.90 Å². The Morgan fingerprint density at radius 3 is 2.63 bits per heavy atom. The maximum Gasteiger partial charge on any atom is 0.270 e. The molecule has 3 aliphatic rings. The van der Waals surface area contributed by atoms with Gasteiger partial charge in [-0.05, 0) is 24.8 Å². The fourth-order valence-corrected chi connectivity index (χ4v) is 5.34. The molecule has 4 rings (SSSR count). The Labute approximate surface area is 179 Å². The molecule has 0 bridgehead atoms. The fourth-order valence-electron chi connectivity index (χ4n) is 4.01. The van der Waals surface area contributed by atoms with Crippen LogP contribution in [0.4, 0.5) is 5.69 Å². The number of fused-ring (bicyclic) bond motifs is 2. The Balaban J connectivity index is 1.70. The lowest BCUT2D eigenvalue weighted by Crippen LogP contribution is -2.50. The zero-order chi connectivity index (χ0) is 21.5. The first-order valence-corrected chi connectivity index (χ1v) is 10.7. The topological polar surface area (TPSA) is 94.5 Å². The number of hydrogen-bond acceptors (Lipinski definition) is 7. The van der Waals surface area contributed by atoms with Crippen LogP contribution in [0.5, 0.6) is 0 Å². The van der Waals surface area contributed by atoms with Crippen LogP contribution in [-0.2, 0) is 24.0 Å². The molecule has 3 amide bonds. The zero-order valence-electron chi connectivity index (χ0n) is 17.3. The first-order valence-electron chi connectivity index (χ1n) is 9.92. The van der Waals surface area contributed by atoms with E-state index in [-0.39, 0.29) is 22.9 Å². The highest BCUT2D eigenvalue weighted by atomic mass is 32.2. The third-order valence-corrected chi connectivity index (χ3v) is 6.64. The number of amides is 3. The molecule has 3 aliphatic heterocycles. The molecule has 0 saturated carbocycles. The van der Waals surface area contributed by atoms with Gasteiger partial charge in [0.05, 0.1) is 18.9 Å². The highest BCUT2D eigenvalue weighted by molar-refractivity contribution is 8.15. The van der Waals surface area contributed by atoms with E-state index in [4.69, 9.17) is 4.74 Å². The largest absolute Gasteiger partial charge is 0.379 e. The number of ether oxygens (including phenoxy) is 1. The van der Waals surface area contributed by atoms with Crippen molar-refractivity contribution in [2.45, 2.75) is 25.6 Å². The quantitative estimate of drug-likeness (QED) is 0.762. The monoisotopic (exact) mass is 431 g/mol. The van der Waals surface area contributed by atoms with Crippen LogP contribution < -0.4 is 10.2 Å². The number of aryl methyl sites for hydroxylation is 1. The average molecular weight is 432 g/mol. The molecular weight excluding hydrogens is 406 g/mol. The van der Waals surface area contributed by atoms with Crippen molar-refractivity contribution in [3.8, 4) is 0 Å². The summed E-state index contributed by atoms with van der Waals surface area (Å²) in [7, 11) is 0. The lowest BCUT2D eigenvalue weighted by atomic mass is 10.0. The molecule has 3 heterocycles. The van der Waals surface area contributed by atoms with E-state index in [0.29, 0.717) is 26.3 Å². The number of carbonyl (C=O) groups is 3. The van der Waals surface area contributed by atoms with Gasteiger partial charge in [-0.25, -0.2) is 0 Å². The van der Waals surface area contributed by atoms with Crippen molar-refractivity contribution in [3.05, 3.63) is 29.3 Å². The predicted octanol–water partition coefficient (Wildman–Crippen LogP) is 0.829. The van der Waals surface area contributed by atoms with E-state index in [2.05, 4.69) is 15.3 Å². The molecule has 1 fully saturated rings. The summed E-state index contributed by atoms with van der Waals surface area (Å²) >= 11 is 1.11. The summed E-state index contributed by atoms with van der Waals surface area (Å²) in [4.78, 5) is 40.5. The zero-order valence-corrected chi connectivity index (χ0v) is 18.1. The van der Waals surface area contributed by atoms with Crippen LogP contribution in [0.1, 0.15) is 25.0 Å². The number of anilines is 1. The van der Waals surface area contributed by atoms with Crippen LogP contribution in [0.15, 0.2) is 23.3 Å². The van der Waals surface area contributed by atoms with E-state index < -0.39 is 4.87 Å². The standard InChI is InChI=1S/C20H25N5O4S/c1-13-4-5-17-16(12-13)20(25(15(3)27)22-19(30-20)21-14(2)26)18(28)24(17)7-6-23-8-10-29-11-9-23/h4-5,12H,6-11H2,1-3H3,(H,21,22,26)/t20-/m1/s1. The first kappa shape index (κ1) is 20.8. The number of nitrogens with zero attached hydrogens (tertiary/aromatic N) is 4.